The molecule has 0 atom stereocenters. The molecule has 0 heterocycles. The van der Waals surface area contributed by atoms with Crippen LogP contribution in [-0.2, 0) is 9.53 Å². The van der Waals surface area contributed by atoms with Gasteiger partial charge < -0.3 is 4.74 Å². The Morgan fingerprint density at radius 1 is 0.263 bits per heavy atom. The Morgan fingerprint density at radius 3 is 0.637 bits per heavy atom. The van der Waals surface area contributed by atoms with Gasteiger partial charge in [-0.25, -0.2) is 4.79 Å². The van der Waals surface area contributed by atoms with Gasteiger partial charge in [-0.05, 0) is 92.8 Å². The van der Waals surface area contributed by atoms with Crippen LogP contribution in [0.25, 0.3) is 0 Å². The molecule has 6 saturated carbocycles. The van der Waals surface area contributed by atoms with Crippen molar-refractivity contribution in [3.05, 3.63) is 11.1 Å². The number of methoxy groups -OCH3 is 1. The topological polar surface area (TPSA) is 26.3 Å². The summed E-state index contributed by atoms with van der Waals surface area (Å²) in [7, 11) is 1.93. The standard InChI is InChI=1S/C78H142O2/c1-80-77(79)76(74(68-56-44-32-20-8-2-9-21-33-45-57-68)69-58-46-34-22-10-3-11-23-35-47-59-69)78(72-64-52-40-28-16-6-17-29-41-53-65-72,73-66-54-42-30-18-7-19-31-43-55-67-73)75(70-60-48-36-24-12-4-13-25-37-49-61-70)71-62-50-38-26-14-5-15-27-39-51-63-71/h68-73,75H,2-67H2,1H3. The van der Waals surface area contributed by atoms with Gasteiger partial charge in [0.05, 0.1) is 7.11 Å². The predicted molar refractivity (Wildman–Crippen MR) is 351 cm³/mol. The fourth-order valence-corrected chi connectivity index (χ4v) is 19.3. The monoisotopic (exact) mass is 1110 g/mol. The van der Waals surface area contributed by atoms with Crippen molar-refractivity contribution < 1.29 is 9.53 Å². The van der Waals surface area contributed by atoms with Crippen molar-refractivity contribution in [2.24, 2.45) is 46.8 Å². The van der Waals surface area contributed by atoms with Gasteiger partial charge in [-0.15, -0.1) is 0 Å². The van der Waals surface area contributed by atoms with Crippen molar-refractivity contribution in [2.45, 2.75) is 424 Å². The van der Waals surface area contributed by atoms with E-state index in [1.165, 1.54) is 429 Å². The fourth-order valence-electron chi connectivity index (χ4n) is 19.3. The van der Waals surface area contributed by atoms with Crippen LogP contribution in [0.5, 0.6) is 0 Å². The third-order valence-electron chi connectivity index (χ3n) is 23.6. The van der Waals surface area contributed by atoms with E-state index in [0.717, 1.165) is 0 Å². The van der Waals surface area contributed by atoms with Crippen LogP contribution in [0.15, 0.2) is 11.1 Å². The molecule has 0 amide bonds. The van der Waals surface area contributed by atoms with Crippen molar-refractivity contribution in [1.82, 2.24) is 0 Å². The summed E-state index contributed by atoms with van der Waals surface area (Å²) in [6, 6.07) is 0. The summed E-state index contributed by atoms with van der Waals surface area (Å²) in [5.41, 5.74) is 3.19. The van der Waals surface area contributed by atoms with Crippen LogP contribution in [0, 0.1) is 46.8 Å². The van der Waals surface area contributed by atoms with Crippen molar-refractivity contribution in [1.29, 1.82) is 0 Å². The number of carbonyl (C=O) groups is 1. The molecule has 6 aliphatic rings. The molecule has 0 aromatic carbocycles. The highest BCUT2D eigenvalue weighted by Crippen LogP contribution is 2.64. The first-order valence-corrected chi connectivity index (χ1v) is 38.6. The Kier molecular flexibility index (Phi) is 38.1. The summed E-state index contributed by atoms with van der Waals surface area (Å²) < 4.78 is 6.96. The molecule has 2 heteroatoms. The lowest BCUT2D eigenvalue weighted by molar-refractivity contribution is -0.143. The molecular formula is C78H142O2. The van der Waals surface area contributed by atoms with Crippen molar-refractivity contribution in [3.8, 4) is 0 Å². The average molecular weight is 1110 g/mol. The molecule has 0 aliphatic heterocycles. The SMILES string of the molecule is COC(=O)C(=C(C1CCCCCCCCCCC1)C1CCCCCCCCCCC1)C(C1CCCCCCCCCCC1)(C1CCCCCCCCCCC1)C(C1CCCCCCCCCCC1)C1CCCCCCCCCCC1. The zero-order valence-corrected chi connectivity index (χ0v) is 54.5. The summed E-state index contributed by atoms with van der Waals surface area (Å²) in [6.45, 7) is 0. The second-order valence-electron chi connectivity index (χ2n) is 29.6. The largest absolute Gasteiger partial charge is 0.466 e. The van der Waals surface area contributed by atoms with Crippen LogP contribution in [0.4, 0.5) is 0 Å². The van der Waals surface area contributed by atoms with Crippen molar-refractivity contribution >= 4 is 5.97 Å². The Morgan fingerprint density at radius 2 is 0.438 bits per heavy atom. The molecule has 6 rings (SSSR count). The smallest absolute Gasteiger partial charge is 0.334 e. The van der Waals surface area contributed by atoms with E-state index >= 15 is 4.79 Å². The van der Waals surface area contributed by atoms with E-state index in [-0.39, 0.29) is 11.4 Å². The Balaban J connectivity index is 1.78. The fraction of sp³-hybridized carbons (Fsp3) is 0.962. The van der Waals surface area contributed by atoms with Gasteiger partial charge in [0, 0.05) is 11.0 Å². The molecule has 0 bridgehead atoms. The third-order valence-corrected chi connectivity index (χ3v) is 23.6. The molecule has 6 fully saturated rings. The Bertz CT molecular complexity index is 1340. The highest BCUT2D eigenvalue weighted by molar-refractivity contribution is 5.91. The lowest BCUT2D eigenvalue weighted by atomic mass is 9.45. The first-order valence-electron chi connectivity index (χ1n) is 38.6. The van der Waals surface area contributed by atoms with Crippen molar-refractivity contribution in [2.75, 3.05) is 7.11 Å². The molecule has 466 valence electrons. The number of rotatable bonds is 9. The van der Waals surface area contributed by atoms with E-state index in [9.17, 15) is 0 Å². The van der Waals surface area contributed by atoms with Gasteiger partial charge in [0.25, 0.3) is 0 Å². The molecule has 0 unspecified atom stereocenters. The highest BCUT2D eigenvalue weighted by atomic mass is 16.5. The molecule has 0 aromatic heterocycles. The second-order valence-corrected chi connectivity index (χ2v) is 29.6. The maximum Gasteiger partial charge on any atom is 0.334 e. The van der Waals surface area contributed by atoms with Gasteiger partial charge in [0.2, 0.25) is 0 Å². The van der Waals surface area contributed by atoms with Crippen LogP contribution >= 0.6 is 0 Å². The maximum atomic E-state index is 17.3. The van der Waals surface area contributed by atoms with Gasteiger partial charge >= 0.3 is 5.97 Å². The molecule has 0 N–H and O–H groups in total. The van der Waals surface area contributed by atoms with Crippen molar-refractivity contribution in [3.63, 3.8) is 0 Å². The Labute approximate surface area is 501 Å². The lowest BCUT2D eigenvalue weighted by Crippen LogP contribution is -2.54. The third kappa shape index (κ3) is 25.3. The number of carbonyl (C=O) groups excluding carboxylic acids is 1. The minimum Gasteiger partial charge on any atom is -0.466 e. The van der Waals surface area contributed by atoms with Gasteiger partial charge in [-0.2, -0.15) is 0 Å². The van der Waals surface area contributed by atoms with E-state index in [2.05, 4.69) is 0 Å². The van der Waals surface area contributed by atoms with Gasteiger partial charge in [0.15, 0.2) is 0 Å². The quantitative estimate of drug-likeness (QED) is 0.170. The molecule has 0 saturated heterocycles. The van der Waals surface area contributed by atoms with E-state index in [1.54, 1.807) is 0 Å². The summed E-state index contributed by atoms with van der Waals surface area (Å²) in [5, 5.41) is 0. The van der Waals surface area contributed by atoms with Crippen LogP contribution in [0.3, 0.4) is 0 Å². The van der Waals surface area contributed by atoms with E-state index < -0.39 is 0 Å². The zero-order valence-electron chi connectivity index (χ0n) is 54.5. The molecule has 6 aliphatic carbocycles. The lowest BCUT2D eigenvalue weighted by Gasteiger charge is -2.59. The van der Waals surface area contributed by atoms with Crippen LogP contribution in [0.2, 0.25) is 0 Å². The molecule has 0 aromatic rings. The van der Waals surface area contributed by atoms with Crippen LogP contribution in [-0.4, -0.2) is 13.1 Å². The minimum atomic E-state index is -0.131. The number of esters is 1. The maximum absolute atomic E-state index is 17.3. The van der Waals surface area contributed by atoms with Crippen LogP contribution < -0.4 is 0 Å². The number of ether oxygens (including phenoxy) is 1. The second kappa shape index (κ2) is 44.6. The summed E-state index contributed by atoms with van der Waals surface area (Å²) in [5.74, 6) is 4.47. The molecular weight excluding hydrogens is 969 g/mol. The minimum absolute atomic E-state index is 0.131. The summed E-state index contributed by atoms with van der Waals surface area (Å²) in [6.07, 6.45) is 93.3. The van der Waals surface area contributed by atoms with Gasteiger partial charge in [-0.1, -0.05) is 378 Å². The van der Waals surface area contributed by atoms with Gasteiger partial charge in [0.1, 0.15) is 0 Å². The summed E-state index contributed by atoms with van der Waals surface area (Å²) >= 11 is 0. The van der Waals surface area contributed by atoms with Gasteiger partial charge in [-0.3, -0.25) is 0 Å². The van der Waals surface area contributed by atoms with E-state index in [4.69, 9.17) is 4.74 Å². The number of hydrogen-bond acceptors (Lipinski definition) is 2. The first kappa shape index (κ1) is 68.3. The Hall–Kier alpha value is -0.790. The summed E-state index contributed by atoms with van der Waals surface area (Å²) in [4.78, 5) is 17.3. The normalized spacial score (nSPS) is 25.6. The number of allylic oxidation sites excluding steroid dienone is 1. The molecule has 0 radical (unpaired) electrons. The molecule has 0 spiro atoms. The van der Waals surface area contributed by atoms with E-state index in [0.29, 0.717) is 41.4 Å². The first-order chi connectivity index (χ1) is 39.7. The van der Waals surface area contributed by atoms with E-state index in [1.807, 2.05) is 12.7 Å². The molecule has 2 nitrogen and oxygen atoms in total. The predicted octanol–water partition coefficient (Wildman–Crippen LogP) is 26.6. The van der Waals surface area contributed by atoms with Crippen LogP contribution in [0.1, 0.15) is 424 Å². The molecule has 80 heavy (non-hydrogen) atoms. The average Bonchev–Trinajstić information content (AvgIpc) is 3.51. The number of hydrogen-bond donors (Lipinski definition) is 0. The highest BCUT2D eigenvalue weighted by Gasteiger charge is 2.59. The zero-order chi connectivity index (χ0) is 55.6.